The summed E-state index contributed by atoms with van der Waals surface area (Å²) in [4.78, 5) is 12.6. The van der Waals surface area contributed by atoms with E-state index in [1.54, 1.807) is 7.05 Å². The molecule has 1 atom stereocenters. The van der Waals surface area contributed by atoms with E-state index in [0.717, 1.165) is 12.8 Å². The summed E-state index contributed by atoms with van der Waals surface area (Å²) in [5, 5.41) is 2.90. The van der Waals surface area contributed by atoms with Gasteiger partial charge in [0.15, 0.2) is 0 Å². The minimum atomic E-state index is 0.313. The monoisotopic (exact) mass is 296 g/mol. The highest BCUT2D eigenvalue weighted by Crippen LogP contribution is 2.17. The van der Waals surface area contributed by atoms with Gasteiger partial charge in [0.1, 0.15) is 0 Å². The Hall–Kier alpha value is -1.59. The maximum Gasteiger partial charge on any atom is 0.324 e. The first-order valence-corrected chi connectivity index (χ1v) is 7.92. The summed E-state index contributed by atoms with van der Waals surface area (Å²) in [6, 6.07) is 0.642. The molecule has 1 aromatic heterocycles. The Balaban J connectivity index is 2.63. The molecule has 0 bridgehead atoms. The number of rotatable bonds is 11. The average molecular weight is 296 g/mol. The Bertz CT molecular complexity index is 401. The maximum absolute atomic E-state index is 5.74. The van der Waals surface area contributed by atoms with Crippen LogP contribution in [0, 0.1) is 5.92 Å². The second-order valence-electron chi connectivity index (χ2n) is 5.05. The minimum Gasteiger partial charge on any atom is -0.463 e. The Labute approximate surface area is 127 Å². The number of ether oxygens (including phenoxy) is 2. The molecular weight excluding hydrogens is 268 g/mol. The first kappa shape index (κ1) is 17.5. The number of hydrogen-bond acceptors (Lipinski definition) is 6. The minimum absolute atomic E-state index is 0.313. The number of hydrogen-bond donors (Lipinski definition) is 1. The van der Waals surface area contributed by atoms with Crippen molar-refractivity contribution in [2.24, 2.45) is 5.92 Å². The molecule has 0 aliphatic heterocycles. The van der Waals surface area contributed by atoms with Gasteiger partial charge in [-0.3, -0.25) is 0 Å². The first-order valence-electron chi connectivity index (χ1n) is 7.92. The first-order chi connectivity index (χ1) is 10.2. The molecule has 1 heterocycles. The summed E-state index contributed by atoms with van der Waals surface area (Å²) in [6.07, 6.45) is 5.62. The highest BCUT2D eigenvalue weighted by Gasteiger charge is 2.11. The Morgan fingerprint density at radius 2 is 1.71 bits per heavy atom. The molecule has 1 aromatic rings. The van der Waals surface area contributed by atoms with Gasteiger partial charge in [-0.2, -0.15) is 9.97 Å². The van der Waals surface area contributed by atoms with E-state index in [9.17, 15) is 0 Å². The molecule has 1 rings (SSSR count). The molecule has 6 nitrogen and oxygen atoms in total. The fourth-order valence-electron chi connectivity index (χ4n) is 1.86. The molecule has 1 N–H and O–H groups in total. The van der Waals surface area contributed by atoms with Crippen molar-refractivity contribution in [3.63, 3.8) is 0 Å². The van der Waals surface area contributed by atoms with E-state index in [4.69, 9.17) is 9.47 Å². The van der Waals surface area contributed by atoms with E-state index in [1.165, 1.54) is 19.3 Å². The van der Waals surface area contributed by atoms with Gasteiger partial charge in [-0.05, 0) is 18.8 Å². The molecule has 6 heteroatoms. The van der Waals surface area contributed by atoms with Crippen molar-refractivity contribution in [3.05, 3.63) is 0 Å². The van der Waals surface area contributed by atoms with Gasteiger partial charge in [0.2, 0.25) is 5.95 Å². The number of nitrogens with zero attached hydrogens (tertiary/aromatic N) is 3. The van der Waals surface area contributed by atoms with Crippen LogP contribution in [0.3, 0.4) is 0 Å². The van der Waals surface area contributed by atoms with Gasteiger partial charge in [-0.15, -0.1) is 4.98 Å². The zero-order valence-corrected chi connectivity index (χ0v) is 13.7. The van der Waals surface area contributed by atoms with Crippen LogP contribution in [0.5, 0.6) is 12.0 Å². The van der Waals surface area contributed by atoms with Crippen LogP contribution in [0.2, 0.25) is 0 Å². The number of anilines is 1. The van der Waals surface area contributed by atoms with Gasteiger partial charge >= 0.3 is 12.0 Å². The van der Waals surface area contributed by atoms with Crippen LogP contribution in [-0.4, -0.2) is 35.2 Å². The Morgan fingerprint density at radius 1 is 1.00 bits per heavy atom. The predicted molar refractivity (Wildman–Crippen MR) is 84.0 cm³/mol. The topological polar surface area (TPSA) is 69.2 Å². The normalized spacial score (nSPS) is 12.0. The zero-order valence-electron chi connectivity index (χ0n) is 13.7. The highest BCUT2D eigenvalue weighted by atomic mass is 16.5. The molecule has 120 valence electrons. The van der Waals surface area contributed by atoms with Gasteiger partial charge in [0.25, 0.3) is 0 Å². The quantitative estimate of drug-likeness (QED) is 0.675. The van der Waals surface area contributed by atoms with Gasteiger partial charge < -0.3 is 14.8 Å². The summed E-state index contributed by atoms with van der Waals surface area (Å²) in [5.41, 5.74) is 0. The number of aromatic nitrogens is 3. The fraction of sp³-hybridized carbons (Fsp3) is 0.800. The van der Waals surface area contributed by atoms with Crippen LogP contribution in [0.1, 0.15) is 52.9 Å². The second-order valence-corrected chi connectivity index (χ2v) is 5.05. The third-order valence-electron chi connectivity index (χ3n) is 3.24. The zero-order chi connectivity index (χ0) is 15.5. The molecule has 0 spiro atoms. The van der Waals surface area contributed by atoms with Crippen molar-refractivity contribution >= 4 is 5.95 Å². The van der Waals surface area contributed by atoms with Crippen molar-refractivity contribution in [1.29, 1.82) is 0 Å². The molecule has 0 aromatic carbocycles. The van der Waals surface area contributed by atoms with E-state index in [2.05, 4.69) is 34.1 Å². The highest BCUT2D eigenvalue weighted by molar-refractivity contribution is 5.26. The third-order valence-corrected chi connectivity index (χ3v) is 3.24. The smallest absolute Gasteiger partial charge is 0.324 e. The summed E-state index contributed by atoms with van der Waals surface area (Å²) in [6.45, 7) is 7.65. The Morgan fingerprint density at radius 3 is 2.29 bits per heavy atom. The van der Waals surface area contributed by atoms with Crippen LogP contribution in [0.4, 0.5) is 5.95 Å². The molecule has 1 unspecified atom stereocenters. The Kier molecular flexibility index (Phi) is 8.47. The average Bonchev–Trinajstić information content (AvgIpc) is 2.52. The predicted octanol–water partition coefficient (Wildman–Crippen LogP) is 3.30. The molecule has 0 saturated carbocycles. The summed E-state index contributed by atoms with van der Waals surface area (Å²) in [5.74, 6) is 1.01. The summed E-state index contributed by atoms with van der Waals surface area (Å²) >= 11 is 0. The van der Waals surface area contributed by atoms with Crippen LogP contribution in [-0.2, 0) is 0 Å². The van der Waals surface area contributed by atoms with Gasteiger partial charge in [-0.1, -0.05) is 40.0 Å². The summed E-state index contributed by atoms with van der Waals surface area (Å²) < 4.78 is 11.2. The number of unbranched alkanes of at least 4 members (excludes halogenated alkanes) is 1. The van der Waals surface area contributed by atoms with Crippen LogP contribution in [0.15, 0.2) is 0 Å². The lowest BCUT2D eigenvalue weighted by atomic mass is 10.0. The SMILES string of the molecule is CCCCC(CC)COc1nc(NC)nc(OCCC)n1. The molecule has 0 saturated heterocycles. The fourth-order valence-corrected chi connectivity index (χ4v) is 1.86. The second kappa shape index (κ2) is 10.2. The molecule has 0 amide bonds. The lowest BCUT2D eigenvalue weighted by molar-refractivity contribution is 0.211. The van der Waals surface area contributed by atoms with Crippen molar-refractivity contribution in [2.75, 3.05) is 25.6 Å². The van der Waals surface area contributed by atoms with Crippen molar-refractivity contribution in [3.8, 4) is 12.0 Å². The molecule has 21 heavy (non-hydrogen) atoms. The lowest BCUT2D eigenvalue weighted by Gasteiger charge is -2.15. The molecule has 0 aliphatic rings. The maximum atomic E-state index is 5.74. The van der Waals surface area contributed by atoms with E-state index in [0.29, 0.717) is 37.1 Å². The molecule has 0 radical (unpaired) electrons. The van der Waals surface area contributed by atoms with E-state index < -0.39 is 0 Å². The largest absolute Gasteiger partial charge is 0.463 e. The van der Waals surface area contributed by atoms with Gasteiger partial charge in [0.05, 0.1) is 13.2 Å². The standard InChI is InChI=1S/C15H28N4O2/c1-5-8-9-12(7-3)11-21-15-18-13(16-4)17-14(19-15)20-10-6-2/h12H,5-11H2,1-4H3,(H,16,17,18,19). The van der Waals surface area contributed by atoms with Crippen LogP contribution >= 0.6 is 0 Å². The van der Waals surface area contributed by atoms with E-state index in [1.807, 2.05) is 6.92 Å². The summed E-state index contributed by atoms with van der Waals surface area (Å²) in [7, 11) is 1.76. The third kappa shape index (κ3) is 6.60. The van der Waals surface area contributed by atoms with Crippen LogP contribution < -0.4 is 14.8 Å². The molecule has 0 aliphatic carbocycles. The van der Waals surface area contributed by atoms with Gasteiger partial charge in [0, 0.05) is 7.05 Å². The van der Waals surface area contributed by atoms with E-state index in [-0.39, 0.29) is 0 Å². The van der Waals surface area contributed by atoms with E-state index >= 15 is 0 Å². The van der Waals surface area contributed by atoms with Crippen molar-refractivity contribution in [2.45, 2.75) is 52.9 Å². The van der Waals surface area contributed by atoms with Crippen LogP contribution in [0.25, 0.3) is 0 Å². The van der Waals surface area contributed by atoms with Crippen molar-refractivity contribution in [1.82, 2.24) is 15.0 Å². The van der Waals surface area contributed by atoms with Gasteiger partial charge in [-0.25, -0.2) is 0 Å². The van der Waals surface area contributed by atoms with Crippen molar-refractivity contribution < 1.29 is 9.47 Å². The molecular formula is C15H28N4O2. The molecule has 0 fully saturated rings. The number of nitrogens with one attached hydrogen (secondary N) is 1. The lowest BCUT2D eigenvalue weighted by Crippen LogP contribution is -2.14.